The molecule has 0 radical (unpaired) electrons. The summed E-state index contributed by atoms with van der Waals surface area (Å²) in [6, 6.07) is 4.07. The molecule has 1 saturated heterocycles. The van der Waals surface area contributed by atoms with E-state index >= 15 is 0 Å². The zero-order chi connectivity index (χ0) is 20.3. The van der Waals surface area contributed by atoms with Crippen LogP contribution in [0.5, 0.6) is 0 Å². The second kappa shape index (κ2) is 8.23. The highest BCUT2D eigenvalue weighted by Gasteiger charge is 2.45. The number of carbonyl (C=O) groups excluding carboxylic acids is 4. The van der Waals surface area contributed by atoms with Crippen molar-refractivity contribution in [3.05, 3.63) is 29.3 Å². The van der Waals surface area contributed by atoms with Crippen molar-refractivity contribution in [1.29, 1.82) is 0 Å². The van der Waals surface area contributed by atoms with Crippen molar-refractivity contribution < 1.29 is 19.2 Å². The number of hydrogen-bond donors (Lipinski definition) is 2. The van der Waals surface area contributed by atoms with Crippen LogP contribution < -0.4 is 16.0 Å². The van der Waals surface area contributed by atoms with Gasteiger partial charge in [-0.25, -0.2) is 0 Å². The van der Waals surface area contributed by atoms with Crippen LogP contribution in [0.2, 0.25) is 0 Å². The van der Waals surface area contributed by atoms with Gasteiger partial charge in [0.25, 0.3) is 11.8 Å². The molecule has 1 aromatic rings. The van der Waals surface area contributed by atoms with Crippen LogP contribution in [0.15, 0.2) is 18.2 Å². The molecule has 1 unspecified atom stereocenters. The van der Waals surface area contributed by atoms with Gasteiger partial charge in [-0.05, 0) is 31.5 Å². The molecule has 4 amide bonds. The fourth-order valence-electron chi connectivity index (χ4n) is 3.60. The second-order valence-electron chi connectivity index (χ2n) is 6.73. The van der Waals surface area contributed by atoms with Gasteiger partial charge in [-0.1, -0.05) is 6.07 Å². The standard InChI is InChI=1S/C20H22N4O4/c1-2-3-11-23(12-5-10-21)14-7-4-6-13-17(14)20(28)24(19(13)27)15-8-9-16(25)22-18(15)26/h1,4,6-7,15H,3,5,8-12,21H2,(H,22,25,26). The number of hydrogen-bond acceptors (Lipinski definition) is 6. The van der Waals surface area contributed by atoms with Crippen LogP contribution in [-0.2, 0) is 9.59 Å². The van der Waals surface area contributed by atoms with E-state index in [0.29, 0.717) is 38.2 Å². The quantitative estimate of drug-likeness (QED) is 0.517. The van der Waals surface area contributed by atoms with Crippen LogP contribution in [0.1, 0.15) is 46.4 Å². The maximum atomic E-state index is 13.2. The Balaban J connectivity index is 1.96. The van der Waals surface area contributed by atoms with E-state index in [1.54, 1.807) is 18.2 Å². The molecule has 2 aliphatic heterocycles. The lowest BCUT2D eigenvalue weighted by Gasteiger charge is -2.28. The first-order chi connectivity index (χ1) is 13.5. The summed E-state index contributed by atoms with van der Waals surface area (Å²) in [5.41, 5.74) is 6.75. The van der Waals surface area contributed by atoms with Gasteiger partial charge in [0.15, 0.2) is 0 Å². The Labute approximate surface area is 163 Å². The number of carbonyl (C=O) groups is 4. The molecule has 1 aromatic carbocycles. The van der Waals surface area contributed by atoms with Crippen LogP contribution >= 0.6 is 0 Å². The van der Waals surface area contributed by atoms with Crippen molar-refractivity contribution in [3.8, 4) is 12.3 Å². The molecular weight excluding hydrogens is 360 g/mol. The Morgan fingerprint density at radius 2 is 2.00 bits per heavy atom. The fourth-order valence-corrected chi connectivity index (χ4v) is 3.60. The molecule has 2 heterocycles. The SMILES string of the molecule is C#CCCN(CCCN)c1cccc2c1C(=O)N(C1CCC(=O)NC1=O)C2=O. The number of nitrogens with zero attached hydrogens (tertiary/aromatic N) is 2. The number of amides is 4. The monoisotopic (exact) mass is 382 g/mol. The van der Waals surface area contributed by atoms with E-state index < -0.39 is 29.7 Å². The highest BCUT2D eigenvalue weighted by Crippen LogP contribution is 2.34. The number of benzene rings is 1. The minimum Gasteiger partial charge on any atom is -0.370 e. The predicted molar refractivity (Wildman–Crippen MR) is 102 cm³/mol. The molecule has 0 spiro atoms. The summed E-state index contributed by atoms with van der Waals surface area (Å²) in [6.45, 7) is 1.60. The minimum absolute atomic E-state index is 0.0848. The highest BCUT2D eigenvalue weighted by atomic mass is 16.2. The Morgan fingerprint density at radius 1 is 1.21 bits per heavy atom. The van der Waals surface area contributed by atoms with Gasteiger partial charge >= 0.3 is 0 Å². The van der Waals surface area contributed by atoms with Crippen molar-refractivity contribution in [2.45, 2.75) is 31.7 Å². The number of fused-ring (bicyclic) bond motifs is 1. The van der Waals surface area contributed by atoms with Crippen LogP contribution in [-0.4, -0.2) is 54.2 Å². The van der Waals surface area contributed by atoms with Crippen molar-refractivity contribution in [1.82, 2.24) is 10.2 Å². The van der Waals surface area contributed by atoms with E-state index in [4.69, 9.17) is 12.2 Å². The van der Waals surface area contributed by atoms with Crippen molar-refractivity contribution in [3.63, 3.8) is 0 Å². The summed E-state index contributed by atoms with van der Waals surface area (Å²) in [5.74, 6) is 0.509. The lowest BCUT2D eigenvalue weighted by molar-refractivity contribution is -0.136. The summed E-state index contributed by atoms with van der Waals surface area (Å²) in [5, 5.41) is 2.20. The molecule has 0 aliphatic carbocycles. The number of imide groups is 2. The van der Waals surface area contributed by atoms with Gasteiger partial charge in [0.1, 0.15) is 6.04 Å². The molecule has 2 aliphatic rings. The average molecular weight is 382 g/mol. The van der Waals surface area contributed by atoms with Crippen LogP contribution in [0.25, 0.3) is 0 Å². The number of nitrogens with two attached hydrogens (primary N) is 1. The predicted octanol–water partition coefficient (Wildman–Crippen LogP) is 0.266. The van der Waals surface area contributed by atoms with Crippen LogP contribution in [0, 0.1) is 12.3 Å². The summed E-state index contributed by atoms with van der Waals surface area (Å²) in [7, 11) is 0. The van der Waals surface area contributed by atoms with E-state index in [0.717, 1.165) is 4.90 Å². The second-order valence-corrected chi connectivity index (χ2v) is 6.73. The molecule has 146 valence electrons. The summed E-state index contributed by atoms with van der Waals surface area (Å²) in [6.07, 6.45) is 6.78. The Bertz CT molecular complexity index is 873. The number of nitrogens with one attached hydrogen (secondary N) is 1. The average Bonchev–Trinajstić information content (AvgIpc) is 2.93. The highest BCUT2D eigenvalue weighted by molar-refractivity contribution is 6.25. The lowest BCUT2D eigenvalue weighted by atomic mass is 10.0. The van der Waals surface area contributed by atoms with Crippen molar-refractivity contribution >= 4 is 29.3 Å². The third-order valence-electron chi connectivity index (χ3n) is 4.95. The molecule has 3 rings (SSSR count). The van der Waals surface area contributed by atoms with Gasteiger partial charge in [0, 0.05) is 25.9 Å². The van der Waals surface area contributed by atoms with Gasteiger partial charge in [0.2, 0.25) is 11.8 Å². The third kappa shape index (κ3) is 3.49. The number of rotatable bonds is 7. The van der Waals surface area contributed by atoms with Gasteiger partial charge in [0.05, 0.1) is 16.8 Å². The van der Waals surface area contributed by atoms with Gasteiger partial charge in [-0.3, -0.25) is 29.4 Å². The molecule has 1 fully saturated rings. The van der Waals surface area contributed by atoms with Crippen molar-refractivity contribution in [2.24, 2.45) is 5.73 Å². The largest absolute Gasteiger partial charge is 0.370 e. The Morgan fingerprint density at radius 3 is 2.68 bits per heavy atom. The maximum Gasteiger partial charge on any atom is 0.264 e. The lowest BCUT2D eigenvalue weighted by Crippen LogP contribution is -2.54. The van der Waals surface area contributed by atoms with Crippen molar-refractivity contribution in [2.75, 3.05) is 24.5 Å². The third-order valence-corrected chi connectivity index (χ3v) is 4.95. The van der Waals surface area contributed by atoms with Gasteiger partial charge in [-0.2, -0.15) is 0 Å². The van der Waals surface area contributed by atoms with Crippen LogP contribution in [0.3, 0.4) is 0 Å². The summed E-state index contributed by atoms with van der Waals surface area (Å²) < 4.78 is 0. The smallest absolute Gasteiger partial charge is 0.264 e. The first-order valence-corrected chi connectivity index (χ1v) is 9.22. The molecule has 0 bridgehead atoms. The first kappa shape index (κ1) is 19.6. The molecule has 0 saturated carbocycles. The minimum atomic E-state index is -0.985. The molecular formula is C20H22N4O4. The maximum absolute atomic E-state index is 13.2. The summed E-state index contributed by atoms with van der Waals surface area (Å²) in [4.78, 5) is 52.6. The van der Waals surface area contributed by atoms with E-state index in [2.05, 4.69) is 11.2 Å². The summed E-state index contributed by atoms with van der Waals surface area (Å²) >= 11 is 0. The van der Waals surface area contributed by atoms with Gasteiger partial charge < -0.3 is 10.6 Å². The zero-order valence-corrected chi connectivity index (χ0v) is 15.4. The topological polar surface area (TPSA) is 113 Å². The molecule has 8 heteroatoms. The number of piperidine rings is 1. The number of terminal acetylenes is 1. The van der Waals surface area contributed by atoms with Gasteiger partial charge in [-0.15, -0.1) is 12.3 Å². The molecule has 0 aromatic heterocycles. The van der Waals surface area contributed by atoms with Crippen LogP contribution in [0.4, 0.5) is 5.69 Å². The molecule has 28 heavy (non-hydrogen) atoms. The van der Waals surface area contributed by atoms with E-state index in [9.17, 15) is 19.2 Å². The van der Waals surface area contributed by atoms with E-state index in [1.165, 1.54) is 0 Å². The first-order valence-electron chi connectivity index (χ1n) is 9.22. The normalized spacial score (nSPS) is 18.7. The molecule has 3 N–H and O–H groups in total. The molecule has 1 atom stereocenters. The van der Waals surface area contributed by atoms with E-state index in [1.807, 2.05) is 4.90 Å². The van der Waals surface area contributed by atoms with E-state index in [-0.39, 0.29) is 24.0 Å². The number of anilines is 1. The molecule has 8 nitrogen and oxygen atoms in total. The Hall–Kier alpha value is -3.18. The zero-order valence-electron chi connectivity index (χ0n) is 15.4. The fraction of sp³-hybridized carbons (Fsp3) is 0.400. The Kier molecular flexibility index (Phi) is 5.76.